The van der Waals surface area contributed by atoms with Crippen LogP contribution in [0.1, 0.15) is 60.0 Å². The van der Waals surface area contributed by atoms with Crippen molar-refractivity contribution in [3.8, 4) is 17.2 Å². The molecule has 0 bridgehead atoms. The summed E-state index contributed by atoms with van der Waals surface area (Å²) in [6, 6.07) is 3.91. The molecule has 6 heteroatoms. The molecule has 0 unspecified atom stereocenters. The number of ether oxygens (including phenoxy) is 1. The lowest BCUT2D eigenvalue weighted by molar-refractivity contribution is 0.469. The molecule has 2 aliphatic carbocycles. The van der Waals surface area contributed by atoms with Gasteiger partial charge in [-0.25, -0.2) is 19.5 Å². The summed E-state index contributed by atoms with van der Waals surface area (Å²) in [4.78, 5) is 12.0. The third-order valence-corrected chi connectivity index (χ3v) is 5.42. The fourth-order valence-electron chi connectivity index (χ4n) is 3.74. The van der Waals surface area contributed by atoms with E-state index in [2.05, 4.69) is 14.8 Å². The smallest absolute Gasteiger partial charge is 0.193 e. The normalized spacial score (nSPS) is 16.0. The molecule has 1 aromatic carbocycles. The molecule has 0 spiro atoms. The minimum atomic E-state index is 0.458. The SMILES string of the molecule is [C-]#[N+]c1c(C)cc(Oc2c(C3CC3)nn(-c3cncnc3)c2C2CC2)cc1C. The van der Waals surface area contributed by atoms with Crippen LogP contribution >= 0.6 is 0 Å². The van der Waals surface area contributed by atoms with E-state index in [4.69, 9.17) is 16.4 Å². The van der Waals surface area contributed by atoms with E-state index in [9.17, 15) is 0 Å². The second kappa shape index (κ2) is 6.45. The lowest BCUT2D eigenvalue weighted by Crippen LogP contribution is -2.03. The Labute approximate surface area is 164 Å². The first-order valence-electron chi connectivity index (χ1n) is 9.70. The number of benzene rings is 1. The molecule has 2 heterocycles. The summed E-state index contributed by atoms with van der Waals surface area (Å²) in [6.45, 7) is 11.3. The van der Waals surface area contributed by atoms with Gasteiger partial charge in [-0.05, 0) is 62.8 Å². The Morgan fingerprint density at radius 3 is 2.25 bits per heavy atom. The third-order valence-electron chi connectivity index (χ3n) is 5.42. The molecule has 0 aliphatic heterocycles. The molecule has 0 atom stereocenters. The summed E-state index contributed by atoms with van der Waals surface area (Å²) < 4.78 is 8.46. The Balaban J connectivity index is 1.63. The fraction of sp³-hybridized carbons (Fsp3) is 0.364. The van der Waals surface area contributed by atoms with E-state index in [0.717, 1.165) is 65.4 Å². The van der Waals surface area contributed by atoms with Crippen LogP contribution in [0.15, 0.2) is 30.9 Å². The molecule has 2 aromatic heterocycles. The first-order chi connectivity index (χ1) is 13.7. The van der Waals surface area contributed by atoms with Gasteiger partial charge in [0.15, 0.2) is 11.4 Å². The Kier molecular flexibility index (Phi) is 3.90. The highest BCUT2D eigenvalue weighted by molar-refractivity contribution is 5.61. The van der Waals surface area contributed by atoms with E-state index in [1.807, 2.05) is 30.7 Å². The van der Waals surface area contributed by atoms with Gasteiger partial charge in [0.25, 0.3) is 0 Å². The molecule has 0 saturated heterocycles. The Bertz CT molecular complexity index is 1070. The molecule has 6 nitrogen and oxygen atoms in total. The zero-order valence-corrected chi connectivity index (χ0v) is 16.0. The average Bonchev–Trinajstić information content (AvgIpc) is 3.61. The molecule has 0 N–H and O–H groups in total. The molecule has 28 heavy (non-hydrogen) atoms. The molecule has 2 saturated carbocycles. The fourth-order valence-corrected chi connectivity index (χ4v) is 3.74. The van der Waals surface area contributed by atoms with Crippen LogP contribution < -0.4 is 4.74 Å². The van der Waals surface area contributed by atoms with Crippen molar-refractivity contribution < 1.29 is 4.74 Å². The van der Waals surface area contributed by atoms with Gasteiger partial charge in [0, 0.05) is 11.8 Å². The monoisotopic (exact) mass is 371 g/mol. The Hall–Kier alpha value is -3.20. The van der Waals surface area contributed by atoms with Crippen molar-refractivity contribution >= 4 is 5.69 Å². The maximum Gasteiger partial charge on any atom is 0.193 e. The third kappa shape index (κ3) is 2.93. The van der Waals surface area contributed by atoms with Crippen LogP contribution in [0.25, 0.3) is 10.5 Å². The van der Waals surface area contributed by atoms with E-state index in [1.165, 1.54) is 6.33 Å². The number of aryl methyl sites for hydroxylation is 2. The zero-order chi connectivity index (χ0) is 19.3. The van der Waals surface area contributed by atoms with E-state index in [1.54, 1.807) is 12.4 Å². The van der Waals surface area contributed by atoms with E-state index >= 15 is 0 Å². The predicted molar refractivity (Wildman–Crippen MR) is 105 cm³/mol. The van der Waals surface area contributed by atoms with Crippen molar-refractivity contribution in [1.82, 2.24) is 19.7 Å². The summed E-state index contributed by atoms with van der Waals surface area (Å²) >= 11 is 0. The summed E-state index contributed by atoms with van der Waals surface area (Å²) in [5.41, 5.74) is 5.62. The quantitative estimate of drug-likeness (QED) is 0.565. The lowest BCUT2D eigenvalue weighted by atomic mass is 10.1. The van der Waals surface area contributed by atoms with E-state index in [0.29, 0.717) is 17.5 Å². The number of aromatic nitrogens is 4. The van der Waals surface area contributed by atoms with Crippen molar-refractivity contribution in [3.63, 3.8) is 0 Å². The largest absolute Gasteiger partial charge is 0.454 e. The van der Waals surface area contributed by atoms with Gasteiger partial charge in [0.2, 0.25) is 0 Å². The molecule has 2 fully saturated rings. The van der Waals surface area contributed by atoms with Gasteiger partial charge in [0.1, 0.15) is 23.5 Å². The molecule has 3 aromatic rings. The van der Waals surface area contributed by atoms with Gasteiger partial charge >= 0.3 is 0 Å². The molecule has 0 amide bonds. The van der Waals surface area contributed by atoms with Gasteiger partial charge in [0.05, 0.1) is 24.7 Å². The van der Waals surface area contributed by atoms with Gasteiger partial charge < -0.3 is 4.74 Å². The van der Waals surface area contributed by atoms with Crippen molar-refractivity contribution in [1.29, 1.82) is 0 Å². The van der Waals surface area contributed by atoms with Crippen molar-refractivity contribution in [2.75, 3.05) is 0 Å². The Morgan fingerprint density at radius 1 is 1.04 bits per heavy atom. The molecule has 5 rings (SSSR count). The van der Waals surface area contributed by atoms with E-state index in [-0.39, 0.29) is 0 Å². The van der Waals surface area contributed by atoms with Gasteiger partial charge in [-0.2, -0.15) is 5.10 Å². The maximum atomic E-state index is 7.37. The van der Waals surface area contributed by atoms with Crippen LogP contribution in [-0.2, 0) is 0 Å². The standard InChI is InChI=1S/C22H21N5O/c1-13-8-18(9-14(2)19(13)23-3)28-22-20(15-4-5-15)26-27(21(22)16-6-7-16)17-10-24-12-25-11-17/h8-12,15-16H,4-7H2,1-2H3. The summed E-state index contributed by atoms with van der Waals surface area (Å²) in [5, 5.41) is 4.94. The number of hydrogen-bond donors (Lipinski definition) is 0. The molecule has 0 radical (unpaired) electrons. The van der Waals surface area contributed by atoms with Crippen LogP contribution in [0, 0.1) is 20.4 Å². The first-order valence-corrected chi connectivity index (χ1v) is 9.70. The average molecular weight is 371 g/mol. The van der Waals surface area contributed by atoms with Crippen LogP contribution in [0.5, 0.6) is 11.5 Å². The van der Waals surface area contributed by atoms with Crippen LogP contribution in [0.3, 0.4) is 0 Å². The zero-order valence-electron chi connectivity index (χ0n) is 16.0. The van der Waals surface area contributed by atoms with Gasteiger partial charge in [-0.15, -0.1) is 0 Å². The minimum Gasteiger partial charge on any atom is -0.454 e. The summed E-state index contributed by atoms with van der Waals surface area (Å²) in [5.74, 6) is 2.58. The van der Waals surface area contributed by atoms with Gasteiger partial charge in [-0.1, -0.05) is 0 Å². The van der Waals surface area contributed by atoms with E-state index < -0.39 is 0 Å². The second-order valence-electron chi connectivity index (χ2n) is 7.78. The number of rotatable bonds is 5. The molecular formula is C22H21N5O. The van der Waals surface area contributed by atoms with Crippen LogP contribution in [0.2, 0.25) is 0 Å². The number of nitrogens with zero attached hydrogens (tertiary/aromatic N) is 5. The molecular weight excluding hydrogens is 350 g/mol. The van der Waals surface area contributed by atoms with Crippen molar-refractivity contribution in [2.24, 2.45) is 0 Å². The van der Waals surface area contributed by atoms with Crippen LogP contribution in [0.4, 0.5) is 5.69 Å². The minimum absolute atomic E-state index is 0.458. The first kappa shape index (κ1) is 16.9. The van der Waals surface area contributed by atoms with Gasteiger partial charge in [-0.3, -0.25) is 0 Å². The highest BCUT2D eigenvalue weighted by atomic mass is 16.5. The summed E-state index contributed by atoms with van der Waals surface area (Å²) in [7, 11) is 0. The Morgan fingerprint density at radius 2 is 1.68 bits per heavy atom. The molecule has 140 valence electrons. The number of hydrogen-bond acceptors (Lipinski definition) is 4. The van der Waals surface area contributed by atoms with Crippen LogP contribution in [-0.4, -0.2) is 19.7 Å². The summed E-state index contributed by atoms with van der Waals surface area (Å²) in [6.07, 6.45) is 9.72. The lowest BCUT2D eigenvalue weighted by Gasteiger charge is -2.12. The topological polar surface area (TPSA) is 57.2 Å². The highest BCUT2D eigenvalue weighted by Crippen LogP contribution is 2.52. The second-order valence-corrected chi connectivity index (χ2v) is 7.78. The predicted octanol–water partition coefficient (Wildman–Crippen LogP) is 5.38. The van der Waals surface area contributed by atoms with Crippen molar-refractivity contribution in [3.05, 3.63) is 64.8 Å². The maximum absolute atomic E-state index is 7.37. The molecule has 2 aliphatic rings. The highest BCUT2D eigenvalue weighted by Gasteiger charge is 2.39. The van der Waals surface area contributed by atoms with Crippen molar-refractivity contribution in [2.45, 2.75) is 51.4 Å².